The lowest BCUT2D eigenvalue weighted by Gasteiger charge is -2.15. The molecule has 8 heteroatoms. The minimum Gasteiger partial charge on any atom is -0.236 e. The molecule has 194 valence electrons. The summed E-state index contributed by atoms with van der Waals surface area (Å²) in [6.45, 7) is 0. The Labute approximate surface area is 223 Å². The molecule has 6 rings (SSSR count). The Morgan fingerprint density at radius 2 is 1.05 bits per heavy atom. The molecule has 0 aliphatic carbocycles. The van der Waals surface area contributed by atoms with Gasteiger partial charge in [0.15, 0.2) is 0 Å². The molecular weight excluding hydrogens is 532 g/mol. The van der Waals surface area contributed by atoms with Crippen molar-refractivity contribution >= 4 is 32.3 Å². The third kappa shape index (κ3) is 4.76. The molecule has 0 N–H and O–H groups in total. The molecule has 0 saturated carbocycles. The van der Waals surface area contributed by atoms with Gasteiger partial charge in [0.25, 0.3) is 0 Å². The van der Waals surface area contributed by atoms with E-state index in [4.69, 9.17) is 4.98 Å². The molecule has 0 radical (unpaired) electrons. The molecule has 0 unspecified atom stereocenters. The SMILES string of the molecule is FC(F)(F)c1cc(-c2ccc(-c3ccc(-c4nc5ccccc5s4)c4ccccc34)cc2)cc(C(F)(F)F)c1. The number of alkyl halides is 6. The van der Waals surface area contributed by atoms with Gasteiger partial charge in [-0.1, -0.05) is 72.8 Å². The van der Waals surface area contributed by atoms with Gasteiger partial charge in [-0.3, -0.25) is 0 Å². The summed E-state index contributed by atoms with van der Waals surface area (Å²) >= 11 is 1.60. The van der Waals surface area contributed by atoms with Crippen LogP contribution in [-0.4, -0.2) is 4.98 Å². The zero-order valence-electron chi connectivity index (χ0n) is 19.9. The molecule has 0 aliphatic heterocycles. The molecule has 0 aliphatic rings. The van der Waals surface area contributed by atoms with Crippen LogP contribution in [0.1, 0.15) is 11.1 Å². The van der Waals surface area contributed by atoms with Crippen LogP contribution in [0, 0.1) is 0 Å². The number of para-hydroxylation sites is 1. The third-order valence-electron chi connectivity index (χ3n) is 6.57. The van der Waals surface area contributed by atoms with Gasteiger partial charge in [-0.05, 0) is 63.4 Å². The van der Waals surface area contributed by atoms with E-state index in [1.165, 1.54) is 0 Å². The van der Waals surface area contributed by atoms with E-state index in [0.29, 0.717) is 0 Å². The quantitative estimate of drug-likeness (QED) is 0.200. The van der Waals surface area contributed by atoms with Gasteiger partial charge in [0.2, 0.25) is 0 Å². The van der Waals surface area contributed by atoms with E-state index in [2.05, 4.69) is 0 Å². The lowest BCUT2D eigenvalue weighted by atomic mass is 9.93. The summed E-state index contributed by atoms with van der Waals surface area (Å²) < 4.78 is 81.1. The maximum atomic E-state index is 13.3. The zero-order valence-corrected chi connectivity index (χ0v) is 20.8. The lowest BCUT2D eigenvalue weighted by molar-refractivity contribution is -0.143. The maximum absolute atomic E-state index is 13.3. The number of hydrogen-bond donors (Lipinski definition) is 0. The highest BCUT2D eigenvalue weighted by atomic mass is 32.1. The molecule has 0 fully saturated rings. The highest BCUT2D eigenvalue weighted by molar-refractivity contribution is 7.21. The van der Waals surface area contributed by atoms with Gasteiger partial charge in [0.05, 0.1) is 21.3 Å². The third-order valence-corrected chi connectivity index (χ3v) is 7.63. The average Bonchev–Trinajstić information content (AvgIpc) is 3.35. The normalized spacial score (nSPS) is 12.4. The van der Waals surface area contributed by atoms with Crippen molar-refractivity contribution in [1.82, 2.24) is 4.98 Å². The first-order valence-corrected chi connectivity index (χ1v) is 12.7. The number of halogens is 6. The second-order valence-electron chi connectivity index (χ2n) is 9.06. The zero-order chi connectivity index (χ0) is 27.4. The van der Waals surface area contributed by atoms with E-state index in [1.807, 2.05) is 60.7 Å². The highest BCUT2D eigenvalue weighted by Crippen LogP contribution is 2.41. The molecule has 6 aromatic rings. The highest BCUT2D eigenvalue weighted by Gasteiger charge is 2.37. The van der Waals surface area contributed by atoms with Crippen LogP contribution in [0.3, 0.4) is 0 Å². The van der Waals surface area contributed by atoms with Crippen LogP contribution in [0.2, 0.25) is 0 Å². The molecule has 1 heterocycles. The van der Waals surface area contributed by atoms with Crippen LogP contribution < -0.4 is 0 Å². The summed E-state index contributed by atoms with van der Waals surface area (Å²) in [5.74, 6) is 0. The fourth-order valence-corrected chi connectivity index (χ4v) is 5.69. The Morgan fingerprint density at radius 1 is 0.513 bits per heavy atom. The van der Waals surface area contributed by atoms with E-state index in [-0.39, 0.29) is 17.2 Å². The standard InChI is InChI=1S/C31H17F6NS/c32-30(33,34)21-15-20(16-22(17-21)31(35,36)37)18-9-11-19(12-10-18)23-13-14-26(25-6-2-1-5-24(23)25)29-38-27-7-3-4-8-28(27)39-29/h1-17H. The molecule has 0 atom stereocenters. The second-order valence-corrected chi connectivity index (χ2v) is 10.1. The van der Waals surface area contributed by atoms with Crippen molar-refractivity contribution in [2.24, 2.45) is 0 Å². The Balaban J connectivity index is 1.42. The Hall–Kier alpha value is -4.17. The summed E-state index contributed by atoms with van der Waals surface area (Å²) in [5, 5.41) is 2.84. The monoisotopic (exact) mass is 549 g/mol. The van der Waals surface area contributed by atoms with Gasteiger partial charge in [0, 0.05) is 5.56 Å². The fraction of sp³-hybridized carbons (Fsp3) is 0.0645. The summed E-state index contributed by atoms with van der Waals surface area (Å²) in [6.07, 6.45) is -9.81. The predicted octanol–water partition coefficient (Wildman–Crippen LogP) is 10.5. The molecule has 0 saturated heterocycles. The molecule has 39 heavy (non-hydrogen) atoms. The average molecular weight is 550 g/mol. The summed E-state index contributed by atoms with van der Waals surface area (Å²) in [4.78, 5) is 4.79. The lowest BCUT2D eigenvalue weighted by Crippen LogP contribution is -2.11. The van der Waals surface area contributed by atoms with Gasteiger partial charge in [-0.25, -0.2) is 4.98 Å². The molecular formula is C31H17F6NS. The molecule has 0 amide bonds. The van der Waals surface area contributed by atoms with Gasteiger partial charge in [-0.2, -0.15) is 26.3 Å². The molecule has 0 spiro atoms. The number of rotatable bonds is 3. The van der Waals surface area contributed by atoms with Crippen LogP contribution >= 0.6 is 11.3 Å². The first-order valence-electron chi connectivity index (χ1n) is 11.9. The largest absolute Gasteiger partial charge is 0.416 e. The Kier molecular flexibility index (Phi) is 5.95. The van der Waals surface area contributed by atoms with Crippen molar-refractivity contribution in [2.75, 3.05) is 0 Å². The smallest absolute Gasteiger partial charge is 0.236 e. The minimum absolute atomic E-state index is 0.136. The number of hydrogen-bond acceptors (Lipinski definition) is 2. The number of fused-ring (bicyclic) bond motifs is 2. The first-order chi connectivity index (χ1) is 18.6. The number of benzene rings is 5. The first kappa shape index (κ1) is 25.1. The van der Waals surface area contributed by atoms with Crippen molar-refractivity contribution < 1.29 is 26.3 Å². The van der Waals surface area contributed by atoms with E-state index in [0.717, 1.165) is 54.8 Å². The van der Waals surface area contributed by atoms with Gasteiger partial charge >= 0.3 is 12.4 Å². The summed E-state index contributed by atoms with van der Waals surface area (Å²) in [5.41, 5.74) is 1.00. The number of aromatic nitrogens is 1. The van der Waals surface area contributed by atoms with Gasteiger partial charge in [-0.15, -0.1) is 11.3 Å². The summed E-state index contributed by atoms with van der Waals surface area (Å²) in [6, 6.07) is 27.8. The molecule has 0 bridgehead atoms. The van der Waals surface area contributed by atoms with E-state index in [1.54, 1.807) is 35.6 Å². The van der Waals surface area contributed by atoms with Gasteiger partial charge < -0.3 is 0 Å². The topological polar surface area (TPSA) is 12.9 Å². The van der Waals surface area contributed by atoms with Crippen LogP contribution in [0.4, 0.5) is 26.3 Å². The van der Waals surface area contributed by atoms with Crippen molar-refractivity contribution in [3.63, 3.8) is 0 Å². The van der Waals surface area contributed by atoms with E-state index >= 15 is 0 Å². The van der Waals surface area contributed by atoms with Crippen LogP contribution in [-0.2, 0) is 12.4 Å². The van der Waals surface area contributed by atoms with E-state index < -0.39 is 23.5 Å². The van der Waals surface area contributed by atoms with Crippen molar-refractivity contribution in [3.8, 4) is 32.8 Å². The predicted molar refractivity (Wildman–Crippen MR) is 143 cm³/mol. The number of nitrogens with zero attached hydrogens (tertiary/aromatic N) is 1. The fourth-order valence-electron chi connectivity index (χ4n) is 4.69. The van der Waals surface area contributed by atoms with Gasteiger partial charge in [0.1, 0.15) is 5.01 Å². The number of thiazole rings is 1. The van der Waals surface area contributed by atoms with Crippen LogP contribution in [0.15, 0.2) is 103 Å². The van der Waals surface area contributed by atoms with Crippen molar-refractivity contribution in [2.45, 2.75) is 12.4 Å². The summed E-state index contributed by atoms with van der Waals surface area (Å²) in [7, 11) is 0. The van der Waals surface area contributed by atoms with E-state index in [9.17, 15) is 26.3 Å². The molecule has 1 aromatic heterocycles. The molecule has 5 aromatic carbocycles. The Morgan fingerprint density at radius 3 is 1.67 bits per heavy atom. The second kappa shape index (κ2) is 9.24. The maximum Gasteiger partial charge on any atom is 0.416 e. The minimum atomic E-state index is -4.90. The van der Waals surface area contributed by atoms with Crippen LogP contribution in [0.5, 0.6) is 0 Å². The van der Waals surface area contributed by atoms with Crippen LogP contribution in [0.25, 0.3) is 53.8 Å². The van der Waals surface area contributed by atoms with Crippen molar-refractivity contribution in [3.05, 3.63) is 114 Å². The Bertz CT molecular complexity index is 1770. The molecule has 1 nitrogen and oxygen atoms in total. The van der Waals surface area contributed by atoms with Crippen molar-refractivity contribution in [1.29, 1.82) is 0 Å².